The summed E-state index contributed by atoms with van der Waals surface area (Å²) >= 11 is 5.95. The monoisotopic (exact) mass is 335 g/mol. The number of hydrogen-bond acceptors (Lipinski definition) is 2. The maximum Gasteiger partial charge on any atom is 0.124 e. The summed E-state index contributed by atoms with van der Waals surface area (Å²) in [5, 5.41) is 0.507. The first-order valence-corrected chi connectivity index (χ1v) is 7.45. The minimum absolute atomic E-state index is 0.00737. The summed E-state index contributed by atoms with van der Waals surface area (Å²) in [7, 11) is 0. The van der Waals surface area contributed by atoms with E-state index in [1.807, 2.05) is 0 Å². The summed E-state index contributed by atoms with van der Waals surface area (Å²) in [4.78, 5) is 4.30. The van der Waals surface area contributed by atoms with Gasteiger partial charge in [0.25, 0.3) is 0 Å². The predicted molar refractivity (Wildman–Crippen MR) is 94.8 cm³/mol. The Hall–Kier alpha value is -1.84. The fourth-order valence-electron chi connectivity index (χ4n) is 2.44. The normalized spacial score (nSPS) is 31.3. The van der Waals surface area contributed by atoms with Crippen molar-refractivity contribution in [2.24, 2.45) is 0 Å². The standard InChI is InChI=1S/C19H20ClN3/c20-16-9-7-15(8-10-16)13-23-18-6-2-1-5-17(18)21-19(23)14-22-11-3-4-12-22/h1-2,5-10H,3-4,11-14H2/i3D2,4D2,11D2,12D2,14D2. The van der Waals surface area contributed by atoms with Gasteiger partial charge >= 0.3 is 0 Å². The molecule has 0 amide bonds. The van der Waals surface area contributed by atoms with Crippen molar-refractivity contribution < 1.29 is 13.7 Å². The minimum atomic E-state index is -3.36. The van der Waals surface area contributed by atoms with Gasteiger partial charge in [0, 0.05) is 22.5 Å². The van der Waals surface area contributed by atoms with E-state index in [0.717, 1.165) is 5.56 Å². The molecule has 0 saturated carbocycles. The highest BCUT2D eigenvalue weighted by molar-refractivity contribution is 6.30. The van der Waals surface area contributed by atoms with Crippen molar-refractivity contribution in [2.45, 2.75) is 25.8 Å². The predicted octanol–water partition coefficient (Wildman–Crippen LogP) is 4.33. The summed E-state index contributed by atoms with van der Waals surface area (Å²) in [6.07, 6.45) is -6.71. The Bertz CT molecular complexity index is 1180. The Morgan fingerprint density at radius 2 is 1.83 bits per heavy atom. The van der Waals surface area contributed by atoms with Crippen LogP contribution in [0.2, 0.25) is 5.02 Å². The third kappa shape index (κ3) is 3.12. The Morgan fingerprint density at radius 1 is 1.09 bits per heavy atom. The van der Waals surface area contributed by atoms with Crippen LogP contribution in [0.15, 0.2) is 48.5 Å². The second-order valence-corrected chi connectivity index (χ2v) is 5.49. The summed E-state index contributed by atoms with van der Waals surface area (Å²) in [6, 6.07) is 13.5. The topological polar surface area (TPSA) is 21.1 Å². The number of rotatable bonds is 4. The molecule has 0 radical (unpaired) electrons. The van der Waals surface area contributed by atoms with Crippen LogP contribution in [0.3, 0.4) is 0 Å². The number of benzene rings is 2. The second kappa shape index (κ2) is 6.34. The number of likely N-dealkylation sites (tertiary alicyclic amines) is 1. The first-order chi connectivity index (χ1) is 15.1. The van der Waals surface area contributed by atoms with Crippen LogP contribution in [0.25, 0.3) is 11.0 Å². The smallest absolute Gasteiger partial charge is 0.124 e. The molecule has 0 spiro atoms. The van der Waals surface area contributed by atoms with Crippen LogP contribution in [-0.2, 0) is 13.0 Å². The lowest BCUT2D eigenvalue weighted by Gasteiger charge is -2.16. The molecule has 118 valence electrons. The van der Waals surface area contributed by atoms with E-state index in [2.05, 4.69) is 4.98 Å². The van der Waals surface area contributed by atoms with Gasteiger partial charge in [-0.25, -0.2) is 4.98 Å². The molecule has 3 aromatic rings. The van der Waals surface area contributed by atoms with Crippen LogP contribution in [0, 0.1) is 0 Å². The Balaban J connectivity index is 1.94. The van der Waals surface area contributed by atoms with Gasteiger partial charge in [0.15, 0.2) is 0 Å². The lowest BCUT2D eigenvalue weighted by atomic mass is 10.2. The van der Waals surface area contributed by atoms with E-state index in [1.165, 1.54) is 4.57 Å². The highest BCUT2D eigenvalue weighted by Gasteiger charge is 2.17. The van der Waals surface area contributed by atoms with E-state index in [1.54, 1.807) is 48.5 Å². The molecule has 2 heterocycles. The largest absolute Gasteiger partial charge is 0.322 e. The molecular formula is C19H20ClN3. The van der Waals surface area contributed by atoms with E-state index in [4.69, 9.17) is 25.3 Å². The van der Waals surface area contributed by atoms with Gasteiger partial charge < -0.3 is 4.57 Å². The van der Waals surface area contributed by atoms with Crippen molar-refractivity contribution in [2.75, 3.05) is 13.0 Å². The van der Waals surface area contributed by atoms with Crippen molar-refractivity contribution in [3.63, 3.8) is 0 Å². The van der Waals surface area contributed by atoms with Crippen molar-refractivity contribution in [1.29, 1.82) is 0 Å². The fraction of sp³-hybridized carbons (Fsp3) is 0.316. The van der Waals surface area contributed by atoms with E-state index in [0.29, 0.717) is 16.1 Å². The number of nitrogens with zero attached hydrogens (tertiary/aromatic N) is 3. The van der Waals surface area contributed by atoms with Gasteiger partial charge in [-0.2, -0.15) is 0 Å². The van der Waals surface area contributed by atoms with Gasteiger partial charge in [-0.3, -0.25) is 4.90 Å². The molecule has 0 bridgehead atoms. The van der Waals surface area contributed by atoms with Crippen molar-refractivity contribution in [3.8, 4) is 0 Å². The number of hydrogen-bond donors (Lipinski definition) is 0. The molecule has 3 nitrogen and oxygen atoms in total. The molecule has 0 atom stereocenters. The number of fused-ring (bicyclic) bond motifs is 1. The zero-order chi connectivity index (χ0) is 24.6. The summed E-state index contributed by atoms with van der Waals surface area (Å²) in [5.41, 5.74) is 1.59. The lowest BCUT2D eigenvalue weighted by molar-refractivity contribution is 0.318. The van der Waals surface area contributed by atoms with Crippen molar-refractivity contribution >= 4 is 22.6 Å². The third-order valence-corrected chi connectivity index (χ3v) is 3.77. The molecule has 23 heavy (non-hydrogen) atoms. The molecule has 4 heteroatoms. The molecule has 1 aliphatic heterocycles. The van der Waals surface area contributed by atoms with Crippen LogP contribution < -0.4 is 0 Å². The number of aromatic nitrogens is 2. The van der Waals surface area contributed by atoms with Crippen molar-refractivity contribution in [3.05, 3.63) is 64.9 Å². The van der Waals surface area contributed by atoms with Gasteiger partial charge in [-0.05, 0) is 55.6 Å². The molecular weight excluding hydrogens is 306 g/mol. The first-order valence-electron chi connectivity index (χ1n) is 12.1. The maximum atomic E-state index is 8.78. The zero-order valence-electron chi connectivity index (χ0n) is 22.0. The third-order valence-electron chi connectivity index (χ3n) is 3.52. The van der Waals surface area contributed by atoms with Crippen molar-refractivity contribution in [1.82, 2.24) is 14.5 Å². The van der Waals surface area contributed by atoms with Gasteiger partial charge in [0.1, 0.15) is 5.82 Å². The fourth-order valence-corrected chi connectivity index (χ4v) is 2.57. The molecule has 1 aliphatic rings. The molecule has 1 saturated heterocycles. The Morgan fingerprint density at radius 3 is 2.61 bits per heavy atom. The van der Waals surface area contributed by atoms with Crippen LogP contribution in [-0.4, -0.2) is 27.4 Å². The summed E-state index contributed by atoms with van der Waals surface area (Å²) < 4.78 is 84.1. The van der Waals surface area contributed by atoms with Crippen LogP contribution in [0.5, 0.6) is 0 Å². The molecule has 1 aromatic heterocycles. The maximum absolute atomic E-state index is 8.78. The van der Waals surface area contributed by atoms with Gasteiger partial charge in [0.05, 0.1) is 20.3 Å². The second-order valence-electron chi connectivity index (χ2n) is 5.06. The summed E-state index contributed by atoms with van der Waals surface area (Å²) in [5.74, 6) is -0.375. The molecule has 2 aromatic carbocycles. The summed E-state index contributed by atoms with van der Waals surface area (Å²) in [6.45, 7) is -9.62. The average Bonchev–Trinajstić information content (AvgIpc) is 3.10. The lowest BCUT2D eigenvalue weighted by Crippen LogP contribution is -2.21. The van der Waals surface area contributed by atoms with Crippen LogP contribution >= 0.6 is 11.6 Å². The number of halogens is 1. The Kier molecular flexibility index (Phi) is 2.03. The molecule has 1 fully saturated rings. The molecule has 0 aliphatic carbocycles. The first kappa shape index (κ1) is 7.37. The highest BCUT2D eigenvalue weighted by atomic mass is 35.5. The van der Waals surface area contributed by atoms with Gasteiger partial charge in [0.2, 0.25) is 0 Å². The van der Waals surface area contributed by atoms with E-state index >= 15 is 0 Å². The van der Waals surface area contributed by atoms with Crippen LogP contribution in [0.1, 0.15) is 37.8 Å². The minimum Gasteiger partial charge on any atom is -0.322 e. The SMILES string of the molecule is [2H]C([2H])(c1nc2ccccc2n1Cc1ccc(Cl)cc1)N1C([2H])([2H])C([2H])([2H])C([2H])([2H])C1([2H])[2H]. The molecule has 0 N–H and O–H groups in total. The van der Waals surface area contributed by atoms with E-state index < -0.39 is 32.2 Å². The molecule has 4 rings (SSSR count). The zero-order valence-corrected chi connectivity index (χ0v) is 12.8. The van der Waals surface area contributed by atoms with E-state index in [-0.39, 0.29) is 17.3 Å². The van der Waals surface area contributed by atoms with Crippen LogP contribution in [0.4, 0.5) is 0 Å². The van der Waals surface area contributed by atoms with Gasteiger partial charge in [-0.15, -0.1) is 0 Å². The Labute approximate surface area is 155 Å². The quantitative estimate of drug-likeness (QED) is 0.707. The number of imidazole rings is 1. The molecule has 0 unspecified atom stereocenters. The van der Waals surface area contributed by atoms with E-state index in [9.17, 15) is 0 Å². The average molecular weight is 336 g/mol. The highest BCUT2D eigenvalue weighted by Crippen LogP contribution is 2.21. The van der Waals surface area contributed by atoms with Gasteiger partial charge in [-0.1, -0.05) is 35.9 Å². The number of para-hydroxylation sites is 2.